The first-order valence-corrected chi connectivity index (χ1v) is 12.9. The van der Waals surface area contributed by atoms with Crippen molar-refractivity contribution >= 4 is 17.3 Å². The van der Waals surface area contributed by atoms with Crippen molar-refractivity contribution in [1.82, 2.24) is 24.8 Å². The van der Waals surface area contributed by atoms with Gasteiger partial charge in [-0.05, 0) is 55.0 Å². The molecule has 0 unspecified atom stereocenters. The Balaban J connectivity index is 1.14. The fraction of sp³-hybridized carbons (Fsp3) is 0.393. The van der Waals surface area contributed by atoms with Crippen molar-refractivity contribution in [3.8, 4) is 17.5 Å². The smallest absolute Gasteiger partial charge is 0.227 e. The van der Waals surface area contributed by atoms with Crippen molar-refractivity contribution in [2.75, 3.05) is 49.6 Å². The Morgan fingerprint density at radius 2 is 1.81 bits per heavy atom. The molecule has 1 spiro atoms. The van der Waals surface area contributed by atoms with Gasteiger partial charge in [0.05, 0.1) is 47.9 Å². The van der Waals surface area contributed by atoms with Gasteiger partial charge in [0.2, 0.25) is 5.95 Å². The van der Waals surface area contributed by atoms with E-state index in [1.165, 1.54) is 0 Å². The van der Waals surface area contributed by atoms with Crippen molar-refractivity contribution in [1.29, 1.82) is 5.26 Å². The van der Waals surface area contributed by atoms with Crippen LogP contribution in [-0.2, 0) is 11.3 Å². The average Bonchev–Trinajstić information content (AvgIpc) is 3.59. The van der Waals surface area contributed by atoms with E-state index in [4.69, 9.17) is 4.74 Å². The molecule has 37 heavy (non-hydrogen) atoms. The van der Waals surface area contributed by atoms with E-state index in [2.05, 4.69) is 53.3 Å². The lowest BCUT2D eigenvalue weighted by molar-refractivity contribution is 0.0336. The van der Waals surface area contributed by atoms with Crippen molar-refractivity contribution in [2.45, 2.75) is 25.8 Å². The molecule has 9 nitrogen and oxygen atoms in total. The van der Waals surface area contributed by atoms with Gasteiger partial charge < -0.3 is 15.0 Å². The summed E-state index contributed by atoms with van der Waals surface area (Å²) in [5, 5.41) is 13.1. The second-order valence-corrected chi connectivity index (χ2v) is 10.0. The topological polar surface area (TPSA) is 103 Å². The van der Waals surface area contributed by atoms with Crippen LogP contribution in [0.4, 0.5) is 17.3 Å². The van der Waals surface area contributed by atoms with Gasteiger partial charge in [-0.15, -0.1) is 0 Å². The van der Waals surface area contributed by atoms with Gasteiger partial charge in [-0.1, -0.05) is 12.2 Å². The van der Waals surface area contributed by atoms with Gasteiger partial charge in [-0.25, -0.2) is 15.0 Å². The molecule has 3 aliphatic rings. The van der Waals surface area contributed by atoms with Crippen LogP contribution in [0, 0.1) is 16.7 Å². The number of allylic oxidation sites excluding steroid dienone is 2. The number of hydrogen-bond donors (Lipinski definition) is 1. The normalized spacial score (nSPS) is 18.8. The highest BCUT2D eigenvalue weighted by Gasteiger charge is 2.39. The quantitative estimate of drug-likeness (QED) is 0.511. The number of morpholine rings is 1. The number of rotatable bonds is 6. The van der Waals surface area contributed by atoms with E-state index >= 15 is 0 Å². The van der Waals surface area contributed by atoms with Crippen molar-refractivity contribution in [3.05, 3.63) is 66.3 Å². The zero-order chi connectivity index (χ0) is 25.1. The largest absolute Gasteiger partial charge is 0.379 e. The Hall–Kier alpha value is -3.87. The lowest BCUT2D eigenvalue weighted by Gasteiger charge is -2.26. The number of nitrogens with one attached hydrogen (secondary N) is 1. The minimum Gasteiger partial charge on any atom is -0.379 e. The predicted molar refractivity (Wildman–Crippen MR) is 141 cm³/mol. The first kappa shape index (κ1) is 23.5. The molecule has 0 saturated carbocycles. The fourth-order valence-electron chi connectivity index (χ4n) is 5.43. The van der Waals surface area contributed by atoms with Crippen LogP contribution >= 0.6 is 0 Å². The number of aromatic nitrogens is 4. The van der Waals surface area contributed by atoms with E-state index in [0.29, 0.717) is 28.4 Å². The van der Waals surface area contributed by atoms with E-state index in [1.807, 2.05) is 30.3 Å². The minimum absolute atomic E-state index is 0.328. The van der Waals surface area contributed by atoms with Crippen molar-refractivity contribution < 1.29 is 4.74 Å². The number of anilines is 3. The molecule has 2 aliphatic heterocycles. The van der Waals surface area contributed by atoms with Crippen LogP contribution in [0.3, 0.4) is 0 Å². The SMILES string of the molecule is N#Cc1nc(-c2ccnc(Nc3ccc(CN4CCOCC4)nc3)n2)ccc1N1CCC2(CC=CC2)C1. The number of nitriles is 1. The highest BCUT2D eigenvalue weighted by molar-refractivity contribution is 5.65. The first-order chi connectivity index (χ1) is 18.2. The second-order valence-electron chi connectivity index (χ2n) is 10.0. The first-order valence-electron chi connectivity index (χ1n) is 12.9. The third-order valence-electron chi connectivity index (χ3n) is 7.52. The molecule has 2 saturated heterocycles. The van der Waals surface area contributed by atoms with E-state index in [9.17, 15) is 5.26 Å². The lowest BCUT2D eigenvalue weighted by atomic mass is 9.85. The molecule has 1 N–H and O–H groups in total. The molecule has 0 aromatic carbocycles. The van der Waals surface area contributed by atoms with Gasteiger partial charge >= 0.3 is 0 Å². The van der Waals surface area contributed by atoms with Gasteiger partial charge in [0.1, 0.15) is 6.07 Å². The van der Waals surface area contributed by atoms with Crippen LogP contribution in [0.1, 0.15) is 30.7 Å². The zero-order valence-electron chi connectivity index (χ0n) is 20.8. The molecule has 0 amide bonds. The maximum Gasteiger partial charge on any atom is 0.227 e. The molecule has 2 fully saturated rings. The summed E-state index contributed by atoms with van der Waals surface area (Å²) >= 11 is 0. The molecule has 0 bridgehead atoms. The molecule has 3 aromatic heterocycles. The molecule has 1 aliphatic carbocycles. The van der Waals surface area contributed by atoms with Crippen LogP contribution in [0.5, 0.6) is 0 Å². The standard InChI is InChI=1S/C28H30N8O/c29-17-25-26(36-12-10-28(20-36)8-1-2-9-28)6-5-23(33-25)24-7-11-30-27(34-24)32-21-3-4-22(31-18-21)19-35-13-15-37-16-14-35/h1-7,11,18H,8-10,12-16,19-20H2,(H,30,32,34). The Bertz CT molecular complexity index is 1320. The van der Waals surface area contributed by atoms with Crippen LogP contribution in [0.2, 0.25) is 0 Å². The third-order valence-corrected chi connectivity index (χ3v) is 7.52. The third kappa shape index (κ3) is 5.17. The number of nitrogens with zero attached hydrogens (tertiary/aromatic N) is 7. The Kier molecular flexibility index (Phi) is 6.51. The predicted octanol–water partition coefficient (Wildman–Crippen LogP) is 3.93. The van der Waals surface area contributed by atoms with E-state index in [1.54, 1.807) is 12.4 Å². The summed E-state index contributed by atoms with van der Waals surface area (Å²) in [6.45, 7) is 6.15. The average molecular weight is 495 g/mol. The lowest BCUT2D eigenvalue weighted by Crippen LogP contribution is -2.35. The molecular weight excluding hydrogens is 464 g/mol. The molecule has 5 heterocycles. The van der Waals surface area contributed by atoms with Crippen LogP contribution in [0.25, 0.3) is 11.4 Å². The van der Waals surface area contributed by atoms with E-state index < -0.39 is 0 Å². The minimum atomic E-state index is 0.328. The second kappa shape index (κ2) is 10.2. The summed E-state index contributed by atoms with van der Waals surface area (Å²) in [6, 6.07) is 12.1. The molecule has 9 heteroatoms. The molecular formula is C28H30N8O. The van der Waals surface area contributed by atoms with Crippen LogP contribution in [0.15, 0.2) is 54.9 Å². The summed E-state index contributed by atoms with van der Waals surface area (Å²) in [6.07, 6.45) is 11.5. The summed E-state index contributed by atoms with van der Waals surface area (Å²) in [4.78, 5) is 22.9. The molecule has 188 valence electrons. The van der Waals surface area contributed by atoms with Crippen molar-refractivity contribution in [2.24, 2.45) is 5.41 Å². The zero-order valence-corrected chi connectivity index (χ0v) is 20.8. The van der Waals surface area contributed by atoms with Gasteiger partial charge in [0.15, 0.2) is 5.69 Å². The van der Waals surface area contributed by atoms with Gasteiger partial charge in [-0.3, -0.25) is 9.88 Å². The Morgan fingerprint density at radius 3 is 2.59 bits per heavy atom. The van der Waals surface area contributed by atoms with E-state index in [-0.39, 0.29) is 0 Å². The number of pyridine rings is 2. The molecule has 0 radical (unpaired) electrons. The maximum atomic E-state index is 9.87. The van der Waals surface area contributed by atoms with Gasteiger partial charge in [0.25, 0.3) is 0 Å². The summed E-state index contributed by atoms with van der Waals surface area (Å²) < 4.78 is 5.41. The van der Waals surface area contributed by atoms with E-state index in [0.717, 1.165) is 82.3 Å². The summed E-state index contributed by atoms with van der Waals surface area (Å²) in [5.41, 5.74) is 4.82. The summed E-state index contributed by atoms with van der Waals surface area (Å²) in [5.74, 6) is 0.458. The molecule has 0 atom stereocenters. The Labute approximate surface area is 216 Å². The Morgan fingerprint density at radius 1 is 0.973 bits per heavy atom. The molecule has 6 rings (SSSR count). The van der Waals surface area contributed by atoms with Crippen LogP contribution in [-0.4, -0.2) is 64.2 Å². The molecule has 3 aromatic rings. The highest BCUT2D eigenvalue weighted by Crippen LogP contribution is 2.43. The van der Waals surface area contributed by atoms with Gasteiger partial charge in [-0.2, -0.15) is 5.26 Å². The summed E-state index contributed by atoms with van der Waals surface area (Å²) in [7, 11) is 0. The number of hydrogen-bond acceptors (Lipinski definition) is 9. The fourth-order valence-corrected chi connectivity index (χ4v) is 5.43. The highest BCUT2D eigenvalue weighted by atomic mass is 16.5. The number of ether oxygens (including phenoxy) is 1. The monoisotopic (exact) mass is 494 g/mol. The van der Waals surface area contributed by atoms with Gasteiger partial charge in [0, 0.05) is 38.9 Å². The maximum absolute atomic E-state index is 9.87. The van der Waals surface area contributed by atoms with Crippen molar-refractivity contribution in [3.63, 3.8) is 0 Å². The van der Waals surface area contributed by atoms with Crippen LogP contribution < -0.4 is 10.2 Å².